The van der Waals surface area contributed by atoms with Gasteiger partial charge in [0.2, 0.25) is 0 Å². The van der Waals surface area contributed by atoms with E-state index in [1.165, 1.54) is 6.07 Å². The number of rotatable bonds is 3. The van der Waals surface area contributed by atoms with Crippen LogP contribution in [0.1, 0.15) is 18.4 Å². The van der Waals surface area contributed by atoms with Crippen LogP contribution in [0.2, 0.25) is 0 Å². The summed E-state index contributed by atoms with van der Waals surface area (Å²) in [5.41, 5.74) is 1.75. The summed E-state index contributed by atoms with van der Waals surface area (Å²) in [7, 11) is 0. The lowest BCUT2D eigenvalue weighted by Gasteiger charge is -2.22. The third-order valence-corrected chi connectivity index (χ3v) is 5.49. The Kier molecular flexibility index (Phi) is 4.31. The van der Waals surface area contributed by atoms with Crippen molar-refractivity contribution in [1.29, 1.82) is 0 Å². The summed E-state index contributed by atoms with van der Waals surface area (Å²) in [5.74, 6) is 0.874. The molecule has 5 nitrogen and oxygen atoms in total. The summed E-state index contributed by atoms with van der Waals surface area (Å²) in [5, 5.41) is 3.37. The van der Waals surface area contributed by atoms with E-state index in [9.17, 15) is 9.18 Å². The standard InChI is InChI=1S/C18H24FN3O2/c19-16-4-3-13(17(7-16)21-5-1-2-6-21)12-24-18(23)22-10-14-8-20-9-15(14)11-22/h3-4,7,14-15,20H,1-2,5-6,8-12H2. The first kappa shape index (κ1) is 15.7. The summed E-state index contributed by atoms with van der Waals surface area (Å²) < 4.78 is 19.2. The van der Waals surface area contributed by atoms with E-state index < -0.39 is 0 Å². The number of anilines is 1. The van der Waals surface area contributed by atoms with E-state index in [-0.39, 0.29) is 18.5 Å². The normalized spacial score (nSPS) is 26.0. The molecule has 1 aromatic carbocycles. The number of nitrogens with one attached hydrogen (secondary N) is 1. The molecule has 130 valence electrons. The Labute approximate surface area is 141 Å². The van der Waals surface area contributed by atoms with Gasteiger partial charge in [-0.15, -0.1) is 0 Å². The van der Waals surface area contributed by atoms with Gasteiger partial charge in [0.15, 0.2) is 0 Å². The molecule has 3 aliphatic rings. The van der Waals surface area contributed by atoms with Crippen LogP contribution in [0.25, 0.3) is 0 Å². The fraction of sp³-hybridized carbons (Fsp3) is 0.611. The van der Waals surface area contributed by atoms with Crippen LogP contribution in [0.5, 0.6) is 0 Å². The molecule has 1 N–H and O–H groups in total. The van der Waals surface area contributed by atoms with E-state index in [2.05, 4.69) is 10.2 Å². The average Bonchev–Trinajstić information content (AvgIpc) is 3.29. The van der Waals surface area contributed by atoms with Crippen LogP contribution in [0.15, 0.2) is 18.2 Å². The number of ether oxygens (including phenoxy) is 1. The minimum Gasteiger partial charge on any atom is -0.444 e. The molecule has 3 saturated heterocycles. The average molecular weight is 333 g/mol. The van der Waals surface area contributed by atoms with Crippen LogP contribution >= 0.6 is 0 Å². The first-order valence-corrected chi connectivity index (χ1v) is 8.86. The van der Waals surface area contributed by atoms with Gasteiger partial charge >= 0.3 is 6.09 Å². The molecular weight excluding hydrogens is 309 g/mol. The lowest BCUT2D eigenvalue weighted by Crippen LogP contribution is -2.32. The Morgan fingerprint density at radius 2 is 1.92 bits per heavy atom. The first-order chi connectivity index (χ1) is 11.7. The fourth-order valence-electron chi connectivity index (χ4n) is 4.15. The number of halogens is 1. The number of hydrogen-bond donors (Lipinski definition) is 1. The molecule has 1 amide bonds. The van der Waals surface area contributed by atoms with Crippen LogP contribution < -0.4 is 10.2 Å². The molecule has 3 aliphatic heterocycles. The zero-order valence-corrected chi connectivity index (χ0v) is 13.8. The van der Waals surface area contributed by atoms with E-state index in [0.717, 1.165) is 63.4 Å². The lowest BCUT2D eigenvalue weighted by atomic mass is 10.0. The van der Waals surface area contributed by atoms with Gasteiger partial charge < -0.3 is 19.9 Å². The largest absolute Gasteiger partial charge is 0.444 e. The van der Waals surface area contributed by atoms with E-state index in [1.54, 1.807) is 12.1 Å². The zero-order valence-electron chi connectivity index (χ0n) is 13.8. The van der Waals surface area contributed by atoms with Crippen molar-refractivity contribution >= 4 is 11.8 Å². The van der Waals surface area contributed by atoms with E-state index in [0.29, 0.717) is 11.8 Å². The molecule has 0 aromatic heterocycles. The molecule has 3 heterocycles. The Balaban J connectivity index is 1.39. The van der Waals surface area contributed by atoms with Gasteiger partial charge in [0.1, 0.15) is 12.4 Å². The molecule has 2 atom stereocenters. The van der Waals surface area contributed by atoms with Crippen molar-refractivity contribution in [2.24, 2.45) is 11.8 Å². The molecule has 0 radical (unpaired) electrons. The van der Waals surface area contributed by atoms with Gasteiger partial charge in [0.25, 0.3) is 0 Å². The summed E-state index contributed by atoms with van der Waals surface area (Å²) in [6.45, 7) is 5.61. The quantitative estimate of drug-likeness (QED) is 0.921. The number of likely N-dealkylation sites (tertiary alicyclic amines) is 1. The van der Waals surface area contributed by atoms with Gasteiger partial charge in [0, 0.05) is 50.5 Å². The van der Waals surface area contributed by atoms with Gasteiger partial charge in [-0.05, 0) is 36.8 Å². The highest BCUT2D eigenvalue weighted by Gasteiger charge is 2.38. The number of fused-ring (bicyclic) bond motifs is 1. The van der Waals surface area contributed by atoms with Crippen molar-refractivity contribution in [3.05, 3.63) is 29.6 Å². The molecule has 2 unspecified atom stereocenters. The van der Waals surface area contributed by atoms with Crippen LogP contribution in [-0.4, -0.2) is 50.3 Å². The van der Waals surface area contributed by atoms with E-state index >= 15 is 0 Å². The molecule has 24 heavy (non-hydrogen) atoms. The molecule has 4 rings (SSSR count). The van der Waals surface area contributed by atoms with Crippen molar-refractivity contribution in [3.8, 4) is 0 Å². The van der Waals surface area contributed by atoms with Gasteiger partial charge in [-0.1, -0.05) is 6.07 Å². The lowest BCUT2D eigenvalue weighted by molar-refractivity contribution is 0.102. The zero-order chi connectivity index (χ0) is 16.5. The number of hydrogen-bond acceptors (Lipinski definition) is 4. The van der Waals surface area contributed by atoms with Crippen molar-refractivity contribution < 1.29 is 13.9 Å². The minimum atomic E-state index is -0.249. The Morgan fingerprint density at radius 1 is 1.21 bits per heavy atom. The van der Waals surface area contributed by atoms with Crippen molar-refractivity contribution in [3.63, 3.8) is 0 Å². The van der Waals surface area contributed by atoms with Crippen LogP contribution in [0, 0.1) is 17.7 Å². The Morgan fingerprint density at radius 3 is 2.62 bits per heavy atom. The predicted molar refractivity (Wildman–Crippen MR) is 89.5 cm³/mol. The number of benzene rings is 1. The number of amides is 1. The minimum absolute atomic E-state index is 0.203. The highest BCUT2D eigenvalue weighted by atomic mass is 19.1. The topological polar surface area (TPSA) is 44.8 Å². The van der Waals surface area contributed by atoms with Crippen molar-refractivity contribution in [2.45, 2.75) is 19.4 Å². The summed E-state index contributed by atoms with van der Waals surface area (Å²) in [4.78, 5) is 16.3. The van der Waals surface area contributed by atoms with Crippen LogP contribution in [0.4, 0.5) is 14.9 Å². The van der Waals surface area contributed by atoms with E-state index in [4.69, 9.17) is 4.74 Å². The predicted octanol–water partition coefficient (Wildman–Crippen LogP) is 2.21. The molecule has 1 aromatic rings. The van der Waals surface area contributed by atoms with Gasteiger partial charge in [-0.25, -0.2) is 9.18 Å². The smallest absolute Gasteiger partial charge is 0.410 e. The van der Waals surface area contributed by atoms with Crippen LogP contribution in [-0.2, 0) is 11.3 Å². The number of nitrogens with zero attached hydrogens (tertiary/aromatic N) is 2. The maximum absolute atomic E-state index is 13.6. The molecule has 3 fully saturated rings. The van der Waals surface area contributed by atoms with Gasteiger partial charge in [-0.3, -0.25) is 0 Å². The molecule has 0 bridgehead atoms. The highest BCUT2D eigenvalue weighted by molar-refractivity contribution is 5.68. The second-order valence-electron chi connectivity index (χ2n) is 7.11. The highest BCUT2D eigenvalue weighted by Crippen LogP contribution is 2.28. The van der Waals surface area contributed by atoms with Gasteiger partial charge in [0.05, 0.1) is 0 Å². The molecular formula is C18H24FN3O2. The Bertz CT molecular complexity index is 606. The molecule has 0 aliphatic carbocycles. The second-order valence-corrected chi connectivity index (χ2v) is 7.11. The maximum Gasteiger partial charge on any atom is 0.410 e. The van der Waals surface area contributed by atoms with Gasteiger partial charge in [-0.2, -0.15) is 0 Å². The van der Waals surface area contributed by atoms with Crippen LogP contribution in [0.3, 0.4) is 0 Å². The number of carbonyl (C=O) groups is 1. The molecule has 6 heteroatoms. The fourth-order valence-corrected chi connectivity index (χ4v) is 4.15. The summed E-state index contributed by atoms with van der Waals surface area (Å²) >= 11 is 0. The van der Waals surface area contributed by atoms with E-state index in [1.807, 2.05) is 4.90 Å². The SMILES string of the molecule is O=C(OCc1ccc(F)cc1N1CCCC1)N1CC2CNCC2C1. The Hall–Kier alpha value is -1.82. The van der Waals surface area contributed by atoms with Crippen molar-refractivity contribution in [2.75, 3.05) is 44.2 Å². The molecule has 0 spiro atoms. The summed E-state index contributed by atoms with van der Waals surface area (Å²) in [6, 6.07) is 4.73. The molecule has 0 saturated carbocycles. The number of carbonyl (C=O) groups excluding carboxylic acids is 1. The summed E-state index contributed by atoms with van der Waals surface area (Å²) in [6.07, 6.45) is 2.00. The third kappa shape index (κ3) is 3.07. The second kappa shape index (κ2) is 6.59. The monoisotopic (exact) mass is 333 g/mol. The maximum atomic E-state index is 13.6. The van der Waals surface area contributed by atoms with Crippen molar-refractivity contribution in [1.82, 2.24) is 10.2 Å². The third-order valence-electron chi connectivity index (χ3n) is 5.49. The first-order valence-electron chi connectivity index (χ1n) is 8.86.